The lowest BCUT2D eigenvalue weighted by Crippen LogP contribution is -1.92. The molecule has 0 unspecified atom stereocenters. The third-order valence-corrected chi connectivity index (χ3v) is 10.2. The molecule has 0 spiro atoms. The molecule has 9 aromatic carbocycles. The van der Waals surface area contributed by atoms with Crippen molar-refractivity contribution in [3.8, 4) is 44.6 Å². The van der Waals surface area contributed by atoms with Crippen molar-refractivity contribution in [3.63, 3.8) is 0 Å². The highest BCUT2D eigenvalue weighted by molar-refractivity contribution is 6.21. The van der Waals surface area contributed by atoms with E-state index in [1.54, 1.807) is 0 Å². The van der Waals surface area contributed by atoms with Gasteiger partial charge in [0, 0.05) is 10.9 Å². The standard InChI is InChI=1S/C49H31N/c1-2-13-33(14-3-1)44-31-46(50-47-30-38-17-7-6-16-37(38)29-45(44)47)34-23-25-35(26-24-34)48-40-18-8-10-20-42(40)49(43-21-11-9-19-41(43)48)39-27-22-32-12-4-5-15-36(32)28-39/h1-31H. The molecular weight excluding hydrogens is 603 g/mol. The van der Waals surface area contributed by atoms with Crippen LogP contribution in [0.1, 0.15) is 0 Å². The summed E-state index contributed by atoms with van der Waals surface area (Å²) in [5.74, 6) is 0. The number of benzene rings is 9. The molecule has 0 atom stereocenters. The third kappa shape index (κ3) is 4.67. The fraction of sp³-hybridized carbons (Fsp3) is 0. The molecule has 0 N–H and O–H groups in total. The SMILES string of the molecule is c1ccc(-c2cc(-c3ccc(-c4c5ccccc5c(-c5ccc6ccccc6c5)c5ccccc45)cc3)nc3cc4ccccc4cc23)cc1. The zero-order valence-electron chi connectivity index (χ0n) is 27.3. The lowest BCUT2D eigenvalue weighted by Gasteiger charge is -2.18. The van der Waals surface area contributed by atoms with Gasteiger partial charge in [-0.1, -0.05) is 164 Å². The van der Waals surface area contributed by atoms with Crippen LogP contribution in [0.2, 0.25) is 0 Å². The maximum Gasteiger partial charge on any atom is 0.0722 e. The molecule has 0 amide bonds. The molecule has 0 aliphatic heterocycles. The van der Waals surface area contributed by atoms with Gasteiger partial charge in [0.25, 0.3) is 0 Å². The Hall–Kier alpha value is -6.57. The molecule has 1 heterocycles. The summed E-state index contributed by atoms with van der Waals surface area (Å²) in [6, 6.07) is 68.2. The summed E-state index contributed by atoms with van der Waals surface area (Å²) in [6.07, 6.45) is 0. The van der Waals surface area contributed by atoms with E-state index in [0.29, 0.717) is 0 Å². The average molecular weight is 634 g/mol. The minimum absolute atomic E-state index is 0.972. The molecule has 0 fully saturated rings. The normalized spacial score (nSPS) is 11.6. The molecule has 0 radical (unpaired) electrons. The summed E-state index contributed by atoms with van der Waals surface area (Å²) in [4.78, 5) is 5.25. The highest BCUT2D eigenvalue weighted by Crippen LogP contribution is 2.44. The molecule has 1 aromatic heterocycles. The van der Waals surface area contributed by atoms with E-state index in [2.05, 4.69) is 188 Å². The molecule has 232 valence electrons. The van der Waals surface area contributed by atoms with Gasteiger partial charge >= 0.3 is 0 Å². The van der Waals surface area contributed by atoms with Crippen LogP contribution in [0, 0.1) is 0 Å². The van der Waals surface area contributed by atoms with Gasteiger partial charge in [0.15, 0.2) is 0 Å². The van der Waals surface area contributed by atoms with E-state index in [1.165, 1.54) is 81.9 Å². The van der Waals surface area contributed by atoms with Gasteiger partial charge in [0.2, 0.25) is 0 Å². The maximum absolute atomic E-state index is 5.25. The van der Waals surface area contributed by atoms with Gasteiger partial charge in [-0.25, -0.2) is 4.98 Å². The van der Waals surface area contributed by atoms with Gasteiger partial charge in [0.05, 0.1) is 11.2 Å². The predicted octanol–water partition coefficient (Wildman–Crippen LogP) is 13.5. The molecule has 1 heteroatoms. The summed E-state index contributed by atoms with van der Waals surface area (Å²) in [6.45, 7) is 0. The molecule has 1 nitrogen and oxygen atoms in total. The molecule has 0 saturated carbocycles. The van der Waals surface area contributed by atoms with E-state index in [1.807, 2.05) is 0 Å². The van der Waals surface area contributed by atoms with E-state index in [0.717, 1.165) is 16.8 Å². The number of nitrogens with zero attached hydrogens (tertiary/aromatic N) is 1. The first-order chi connectivity index (χ1) is 24.8. The quantitative estimate of drug-likeness (QED) is 0.176. The first kappa shape index (κ1) is 28.4. The topological polar surface area (TPSA) is 12.9 Å². The van der Waals surface area contributed by atoms with Crippen LogP contribution in [-0.2, 0) is 0 Å². The minimum atomic E-state index is 0.972. The van der Waals surface area contributed by atoms with Gasteiger partial charge in [-0.2, -0.15) is 0 Å². The molecular formula is C49H31N. The molecule has 10 aromatic rings. The van der Waals surface area contributed by atoms with Gasteiger partial charge in [-0.05, 0) is 101 Å². The van der Waals surface area contributed by atoms with Crippen LogP contribution < -0.4 is 0 Å². The van der Waals surface area contributed by atoms with Gasteiger partial charge < -0.3 is 0 Å². The van der Waals surface area contributed by atoms with E-state index in [4.69, 9.17) is 4.98 Å². The Bertz CT molecular complexity index is 2850. The van der Waals surface area contributed by atoms with Crippen LogP contribution in [0.25, 0.3) is 98.6 Å². The second-order valence-electron chi connectivity index (χ2n) is 13.1. The molecule has 0 aliphatic carbocycles. The van der Waals surface area contributed by atoms with Gasteiger partial charge in [-0.3, -0.25) is 0 Å². The highest BCUT2D eigenvalue weighted by atomic mass is 14.7. The van der Waals surface area contributed by atoms with Crippen molar-refractivity contribution in [1.82, 2.24) is 4.98 Å². The van der Waals surface area contributed by atoms with Crippen molar-refractivity contribution >= 4 is 54.0 Å². The second kappa shape index (κ2) is 11.5. The Morgan fingerprint density at radius 2 is 0.760 bits per heavy atom. The van der Waals surface area contributed by atoms with Crippen molar-refractivity contribution in [1.29, 1.82) is 0 Å². The van der Waals surface area contributed by atoms with Crippen molar-refractivity contribution in [3.05, 3.63) is 188 Å². The number of hydrogen-bond acceptors (Lipinski definition) is 1. The Morgan fingerprint density at radius 1 is 0.280 bits per heavy atom. The highest BCUT2D eigenvalue weighted by Gasteiger charge is 2.17. The first-order valence-electron chi connectivity index (χ1n) is 17.2. The largest absolute Gasteiger partial charge is 0.248 e. The molecule has 10 rings (SSSR count). The molecule has 0 saturated heterocycles. The van der Waals surface area contributed by atoms with Crippen LogP contribution in [0.15, 0.2) is 188 Å². The Labute approximate surface area is 290 Å². The zero-order valence-corrected chi connectivity index (χ0v) is 27.3. The Morgan fingerprint density at radius 3 is 1.40 bits per heavy atom. The van der Waals surface area contributed by atoms with Gasteiger partial charge in [-0.15, -0.1) is 0 Å². The second-order valence-corrected chi connectivity index (χ2v) is 13.1. The number of fused-ring (bicyclic) bond motifs is 5. The number of aromatic nitrogens is 1. The minimum Gasteiger partial charge on any atom is -0.248 e. The summed E-state index contributed by atoms with van der Waals surface area (Å²) in [5, 5.41) is 11.1. The van der Waals surface area contributed by atoms with Crippen LogP contribution in [0.5, 0.6) is 0 Å². The van der Waals surface area contributed by atoms with Crippen molar-refractivity contribution in [2.75, 3.05) is 0 Å². The van der Waals surface area contributed by atoms with Crippen LogP contribution in [0.4, 0.5) is 0 Å². The zero-order chi connectivity index (χ0) is 33.0. The number of rotatable bonds is 4. The monoisotopic (exact) mass is 633 g/mol. The molecule has 0 bridgehead atoms. The van der Waals surface area contributed by atoms with E-state index in [9.17, 15) is 0 Å². The van der Waals surface area contributed by atoms with E-state index in [-0.39, 0.29) is 0 Å². The summed E-state index contributed by atoms with van der Waals surface area (Å²) < 4.78 is 0. The summed E-state index contributed by atoms with van der Waals surface area (Å²) in [5.41, 5.74) is 10.4. The van der Waals surface area contributed by atoms with Gasteiger partial charge in [0.1, 0.15) is 0 Å². The number of hydrogen-bond donors (Lipinski definition) is 0. The number of pyridine rings is 1. The molecule has 0 aliphatic rings. The van der Waals surface area contributed by atoms with Crippen molar-refractivity contribution in [2.24, 2.45) is 0 Å². The maximum atomic E-state index is 5.25. The predicted molar refractivity (Wildman–Crippen MR) is 214 cm³/mol. The van der Waals surface area contributed by atoms with Crippen molar-refractivity contribution in [2.45, 2.75) is 0 Å². The van der Waals surface area contributed by atoms with E-state index >= 15 is 0 Å². The molecule has 50 heavy (non-hydrogen) atoms. The third-order valence-electron chi connectivity index (χ3n) is 10.2. The van der Waals surface area contributed by atoms with Crippen molar-refractivity contribution < 1.29 is 0 Å². The fourth-order valence-corrected chi connectivity index (χ4v) is 7.82. The Kier molecular flexibility index (Phi) is 6.57. The van der Waals surface area contributed by atoms with Crippen LogP contribution >= 0.6 is 0 Å². The Balaban J connectivity index is 1.15. The van der Waals surface area contributed by atoms with Crippen LogP contribution in [-0.4, -0.2) is 4.98 Å². The first-order valence-corrected chi connectivity index (χ1v) is 17.2. The van der Waals surface area contributed by atoms with E-state index < -0.39 is 0 Å². The lowest BCUT2D eigenvalue weighted by atomic mass is 9.85. The lowest BCUT2D eigenvalue weighted by molar-refractivity contribution is 1.40. The fourth-order valence-electron chi connectivity index (χ4n) is 7.82. The smallest absolute Gasteiger partial charge is 0.0722 e. The van der Waals surface area contributed by atoms with Crippen LogP contribution in [0.3, 0.4) is 0 Å². The summed E-state index contributed by atoms with van der Waals surface area (Å²) >= 11 is 0. The average Bonchev–Trinajstić information content (AvgIpc) is 3.19. The summed E-state index contributed by atoms with van der Waals surface area (Å²) in [7, 11) is 0.